The first kappa shape index (κ1) is 13.7. The first-order valence-electron chi connectivity index (χ1n) is 7.63. The molecule has 4 heteroatoms. The van der Waals surface area contributed by atoms with Gasteiger partial charge in [0.25, 0.3) is 0 Å². The van der Waals surface area contributed by atoms with Gasteiger partial charge in [0, 0.05) is 49.2 Å². The van der Waals surface area contributed by atoms with Gasteiger partial charge in [-0.3, -0.25) is 4.90 Å². The van der Waals surface area contributed by atoms with Gasteiger partial charge in [-0.25, -0.2) is 0 Å². The normalized spacial score (nSPS) is 23.4. The van der Waals surface area contributed by atoms with Gasteiger partial charge in [0.1, 0.15) is 0 Å². The van der Waals surface area contributed by atoms with E-state index in [0.29, 0.717) is 12.1 Å². The maximum Gasteiger partial charge on any atom is 0.0877 e. The Morgan fingerprint density at radius 2 is 2.20 bits per heavy atom. The summed E-state index contributed by atoms with van der Waals surface area (Å²) in [5, 5.41) is 0. The summed E-state index contributed by atoms with van der Waals surface area (Å²) in [6, 6.07) is 6.83. The lowest BCUT2D eigenvalue weighted by Gasteiger charge is -2.37. The Labute approximate surface area is 121 Å². The highest BCUT2D eigenvalue weighted by molar-refractivity contribution is 5.68. The molecule has 110 valence electrons. The maximum atomic E-state index is 6.06. The average Bonchev–Trinajstić information content (AvgIpc) is 2.84. The molecular weight excluding hydrogens is 250 g/mol. The molecule has 0 aliphatic carbocycles. The highest BCUT2D eigenvalue weighted by Crippen LogP contribution is 2.32. The van der Waals surface area contributed by atoms with Gasteiger partial charge in [-0.1, -0.05) is 6.07 Å². The largest absolute Gasteiger partial charge is 0.398 e. The van der Waals surface area contributed by atoms with E-state index in [1.807, 2.05) is 6.07 Å². The van der Waals surface area contributed by atoms with Crippen molar-refractivity contribution in [1.82, 2.24) is 4.90 Å². The Morgan fingerprint density at radius 3 is 3.00 bits per heavy atom. The van der Waals surface area contributed by atoms with Crippen LogP contribution in [0.3, 0.4) is 0 Å². The lowest BCUT2D eigenvalue weighted by molar-refractivity contribution is -0.0340. The Morgan fingerprint density at radius 1 is 1.35 bits per heavy atom. The Kier molecular flexibility index (Phi) is 3.85. The minimum atomic E-state index is 0.304. The van der Waals surface area contributed by atoms with E-state index >= 15 is 0 Å². The number of nitrogen functional groups attached to an aromatic ring is 1. The summed E-state index contributed by atoms with van der Waals surface area (Å²) in [6.45, 7) is 9.48. The first-order chi connectivity index (χ1) is 9.65. The van der Waals surface area contributed by atoms with Crippen molar-refractivity contribution in [3.63, 3.8) is 0 Å². The molecule has 20 heavy (non-hydrogen) atoms. The number of hydrogen-bond donors (Lipinski definition) is 1. The molecule has 0 aromatic heterocycles. The molecule has 0 spiro atoms. The topological polar surface area (TPSA) is 41.7 Å². The van der Waals surface area contributed by atoms with E-state index in [9.17, 15) is 0 Å². The number of fused-ring (bicyclic) bond motifs is 1. The van der Waals surface area contributed by atoms with Crippen LogP contribution < -0.4 is 10.6 Å². The zero-order valence-corrected chi connectivity index (χ0v) is 12.5. The summed E-state index contributed by atoms with van der Waals surface area (Å²) in [6.07, 6.45) is 1.36. The zero-order chi connectivity index (χ0) is 14.1. The molecule has 0 bridgehead atoms. The van der Waals surface area contributed by atoms with Gasteiger partial charge >= 0.3 is 0 Å². The summed E-state index contributed by atoms with van der Waals surface area (Å²) < 4.78 is 5.95. The smallest absolute Gasteiger partial charge is 0.0877 e. The van der Waals surface area contributed by atoms with Crippen LogP contribution in [0.2, 0.25) is 0 Å². The predicted octanol–water partition coefficient (Wildman–Crippen LogP) is 1.74. The predicted molar refractivity (Wildman–Crippen MR) is 83.2 cm³/mol. The van der Waals surface area contributed by atoms with Crippen LogP contribution in [0.1, 0.15) is 19.4 Å². The minimum Gasteiger partial charge on any atom is -0.398 e. The summed E-state index contributed by atoms with van der Waals surface area (Å²) in [5.74, 6) is 0. The summed E-state index contributed by atoms with van der Waals surface area (Å²) in [5.41, 5.74) is 9.60. The van der Waals surface area contributed by atoms with Crippen LogP contribution in [0.25, 0.3) is 0 Å². The van der Waals surface area contributed by atoms with Crippen molar-refractivity contribution in [3.8, 4) is 0 Å². The van der Waals surface area contributed by atoms with Gasteiger partial charge < -0.3 is 15.4 Å². The van der Waals surface area contributed by atoms with Crippen molar-refractivity contribution in [1.29, 1.82) is 0 Å². The number of hydrogen-bond acceptors (Lipinski definition) is 4. The lowest BCUT2D eigenvalue weighted by Crippen LogP contribution is -2.49. The standard InChI is InChI=1S/C16H25N3O/c1-12(2)18-8-9-20-13(10-18)11-19-7-6-14-15(17)4-3-5-16(14)19/h3-5,12-13H,6-11,17H2,1-2H3. The summed E-state index contributed by atoms with van der Waals surface area (Å²) in [7, 11) is 0. The fraction of sp³-hybridized carbons (Fsp3) is 0.625. The van der Waals surface area contributed by atoms with Crippen LogP contribution in [0.5, 0.6) is 0 Å². The van der Waals surface area contributed by atoms with Crippen molar-refractivity contribution in [2.45, 2.75) is 32.4 Å². The van der Waals surface area contributed by atoms with Crippen molar-refractivity contribution < 1.29 is 4.74 Å². The van der Waals surface area contributed by atoms with Crippen molar-refractivity contribution >= 4 is 11.4 Å². The number of nitrogens with zero attached hydrogens (tertiary/aromatic N) is 2. The molecule has 0 radical (unpaired) electrons. The SMILES string of the molecule is CC(C)N1CCOC(CN2CCc3c(N)cccc32)C1. The van der Waals surface area contributed by atoms with Crippen LogP contribution in [0.4, 0.5) is 11.4 Å². The van der Waals surface area contributed by atoms with Gasteiger partial charge in [-0.15, -0.1) is 0 Å². The molecular formula is C16H25N3O. The summed E-state index contributed by atoms with van der Waals surface area (Å²) >= 11 is 0. The third-order valence-electron chi connectivity index (χ3n) is 4.48. The van der Waals surface area contributed by atoms with E-state index in [4.69, 9.17) is 10.5 Å². The Bertz CT molecular complexity index is 475. The van der Waals surface area contributed by atoms with Crippen LogP contribution in [-0.4, -0.2) is 49.8 Å². The molecule has 2 N–H and O–H groups in total. The monoisotopic (exact) mass is 275 g/mol. The number of anilines is 2. The number of morpholine rings is 1. The molecule has 1 fully saturated rings. The van der Waals surface area contributed by atoms with E-state index in [0.717, 1.165) is 44.9 Å². The second-order valence-corrected chi connectivity index (χ2v) is 6.12. The van der Waals surface area contributed by atoms with Gasteiger partial charge in [0.15, 0.2) is 0 Å². The van der Waals surface area contributed by atoms with Crippen LogP contribution in [0.15, 0.2) is 18.2 Å². The molecule has 1 atom stereocenters. The van der Waals surface area contributed by atoms with Gasteiger partial charge in [0.05, 0.1) is 12.7 Å². The Hall–Kier alpha value is -1.26. The fourth-order valence-electron chi connectivity index (χ4n) is 3.28. The number of nitrogens with two attached hydrogens (primary N) is 1. The van der Waals surface area contributed by atoms with Crippen molar-refractivity contribution in [2.24, 2.45) is 0 Å². The van der Waals surface area contributed by atoms with Crippen molar-refractivity contribution in [3.05, 3.63) is 23.8 Å². The molecule has 1 unspecified atom stereocenters. The molecule has 1 saturated heterocycles. The van der Waals surface area contributed by atoms with E-state index in [1.165, 1.54) is 11.3 Å². The molecule has 2 heterocycles. The summed E-state index contributed by atoms with van der Waals surface area (Å²) in [4.78, 5) is 4.94. The highest BCUT2D eigenvalue weighted by atomic mass is 16.5. The number of ether oxygens (including phenoxy) is 1. The lowest BCUT2D eigenvalue weighted by atomic mass is 10.1. The molecule has 1 aromatic carbocycles. The van der Waals surface area contributed by atoms with E-state index < -0.39 is 0 Å². The Balaban J connectivity index is 1.67. The van der Waals surface area contributed by atoms with Crippen LogP contribution in [0, 0.1) is 0 Å². The maximum absolute atomic E-state index is 6.06. The van der Waals surface area contributed by atoms with E-state index in [-0.39, 0.29) is 0 Å². The molecule has 0 amide bonds. The van der Waals surface area contributed by atoms with Crippen molar-refractivity contribution in [2.75, 3.05) is 43.4 Å². The van der Waals surface area contributed by atoms with Gasteiger partial charge in [-0.2, -0.15) is 0 Å². The third kappa shape index (κ3) is 2.63. The average molecular weight is 275 g/mol. The molecule has 4 nitrogen and oxygen atoms in total. The second kappa shape index (κ2) is 5.62. The molecule has 2 aliphatic heterocycles. The third-order valence-corrected chi connectivity index (χ3v) is 4.48. The highest BCUT2D eigenvalue weighted by Gasteiger charge is 2.27. The molecule has 3 rings (SSSR count). The van der Waals surface area contributed by atoms with Crippen LogP contribution in [-0.2, 0) is 11.2 Å². The van der Waals surface area contributed by atoms with Gasteiger partial charge in [0.2, 0.25) is 0 Å². The molecule has 1 aromatic rings. The van der Waals surface area contributed by atoms with Crippen LogP contribution >= 0.6 is 0 Å². The molecule has 2 aliphatic rings. The second-order valence-electron chi connectivity index (χ2n) is 6.12. The fourth-order valence-corrected chi connectivity index (χ4v) is 3.28. The number of benzene rings is 1. The minimum absolute atomic E-state index is 0.304. The quantitative estimate of drug-likeness (QED) is 0.853. The van der Waals surface area contributed by atoms with E-state index in [2.05, 4.69) is 35.8 Å². The van der Waals surface area contributed by atoms with Gasteiger partial charge in [-0.05, 0) is 32.4 Å². The van der Waals surface area contributed by atoms with E-state index in [1.54, 1.807) is 0 Å². The molecule has 0 saturated carbocycles. The number of rotatable bonds is 3. The zero-order valence-electron chi connectivity index (χ0n) is 12.5. The first-order valence-corrected chi connectivity index (χ1v) is 7.63.